The lowest BCUT2D eigenvalue weighted by molar-refractivity contribution is 0.0951. The molecule has 1 amide bonds. The summed E-state index contributed by atoms with van der Waals surface area (Å²) in [6, 6.07) is 19.5. The molecule has 0 unspecified atom stereocenters. The van der Waals surface area contributed by atoms with Gasteiger partial charge in [-0.15, -0.1) is 0 Å². The molecule has 36 heavy (non-hydrogen) atoms. The molecule has 1 saturated heterocycles. The molecule has 8 nitrogen and oxygen atoms in total. The fourth-order valence-corrected chi connectivity index (χ4v) is 4.25. The summed E-state index contributed by atoms with van der Waals surface area (Å²) in [4.78, 5) is 20.3. The molecule has 5 rings (SSSR count). The van der Waals surface area contributed by atoms with Crippen molar-refractivity contribution in [1.82, 2.24) is 20.1 Å². The van der Waals surface area contributed by atoms with Crippen molar-refractivity contribution in [3.63, 3.8) is 0 Å². The molecular weight excluding hydrogens is 454 g/mol. The van der Waals surface area contributed by atoms with E-state index in [1.807, 2.05) is 67.6 Å². The van der Waals surface area contributed by atoms with E-state index in [-0.39, 0.29) is 5.91 Å². The predicted molar refractivity (Wildman–Crippen MR) is 139 cm³/mol. The predicted octanol–water partition coefficient (Wildman–Crippen LogP) is 4.02. The molecule has 1 N–H and O–H groups in total. The van der Waals surface area contributed by atoms with Gasteiger partial charge in [-0.2, -0.15) is 5.10 Å². The van der Waals surface area contributed by atoms with Gasteiger partial charge in [0.2, 0.25) is 0 Å². The van der Waals surface area contributed by atoms with Crippen LogP contribution in [0.5, 0.6) is 5.75 Å². The van der Waals surface area contributed by atoms with Crippen LogP contribution in [-0.4, -0.2) is 54.1 Å². The van der Waals surface area contributed by atoms with Gasteiger partial charge in [0.1, 0.15) is 17.3 Å². The Morgan fingerprint density at radius 3 is 2.67 bits per heavy atom. The third-order valence-corrected chi connectivity index (χ3v) is 6.22. The van der Waals surface area contributed by atoms with Gasteiger partial charge in [0.05, 0.1) is 31.6 Å². The molecule has 0 radical (unpaired) electrons. The summed E-state index contributed by atoms with van der Waals surface area (Å²) in [6.07, 6.45) is 3.56. The van der Waals surface area contributed by atoms with Gasteiger partial charge in [-0.05, 0) is 37.3 Å². The Morgan fingerprint density at radius 1 is 1.08 bits per heavy atom. The summed E-state index contributed by atoms with van der Waals surface area (Å²) < 4.78 is 12.6. The van der Waals surface area contributed by atoms with E-state index in [0.717, 1.165) is 41.3 Å². The van der Waals surface area contributed by atoms with Crippen molar-refractivity contribution in [2.75, 3.05) is 38.3 Å². The lowest BCUT2D eigenvalue weighted by Crippen LogP contribution is -2.37. The molecule has 1 aliphatic heterocycles. The van der Waals surface area contributed by atoms with E-state index in [4.69, 9.17) is 14.6 Å². The van der Waals surface area contributed by atoms with E-state index in [2.05, 4.69) is 15.2 Å². The Balaban J connectivity index is 1.45. The number of amides is 1. The summed E-state index contributed by atoms with van der Waals surface area (Å²) in [5.41, 5.74) is 4.88. The van der Waals surface area contributed by atoms with E-state index >= 15 is 0 Å². The third kappa shape index (κ3) is 5.08. The zero-order valence-corrected chi connectivity index (χ0v) is 20.5. The molecule has 2 aromatic heterocycles. The first-order chi connectivity index (χ1) is 17.6. The van der Waals surface area contributed by atoms with Crippen molar-refractivity contribution < 1.29 is 14.3 Å². The van der Waals surface area contributed by atoms with Crippen LogP contribution in [0.1, 0.15) is 21.5 Å². The van der Waals surface area contributed by atoms with E-state index in [0.29, 0.717) is 36.8 Å². The van der Waals surface area contributed by atoms with Crippen LogP contribution in [0.2, 0.25) is 0 Å². The Labute approximate surface area is 210 Å². The first-order valence-electron chi connectivity index (χ1n) is 12.0. The minimum absolute atomic E-state index is 0.206. The smallest absolute Gasteiger partial charge is 0.255 e. The number of methoxy groups -OCH3 is 1. The fourth-order valence-electron chi connectivity index (χ4n) is 4.25. The number of nitrogens with one attached hydrogen (secondary N) is 1. The van der Waals surface area contributed by atoms with E-state index in [1.54, 1.807) is 24.2 Å². The van der Waals surface area contributed by atoms with Crippen LogP contribution in [0.3, 0.4) is 0 Å². The Morgan fingerprint density at radius 2 is 1.89 bits per heavy atom. The lowest BCUT2D eigenvalue weighted by Gasteiger charge is -2.29. The van der Waals surface area contributed by atoms with Crippen LogP contribution in [0.4, 0.5) is 5.82 Å². The van der Waals surface area contributed by atoms with Crippen molar-refractivity contribution in [2.45, 2.75) is 13.5 Å². The van der Waals surface area contributed by atoms with Crippen LogP contribution in [0.25, 0.3) is 16.9 Å². The second kappa shape index (κ2) is 10.6. The number of nitrogens with zero attached hydrogens (tertiary/aromatic N) is 4. The molecule has 8 heteroatoms. The third-order valence-electron chi connectivity index (χ3n) is 6.22. The van der Waals surface area contributed by atoms with Crippen LogP contribution in [0.15, 0.2) is 73.1 Å². The summed E-state index contributed by atoms with van der Waals surface area (Å²) in [5.74, 6) is 1.38. The van der Waals surface area contributed by atoms with Gasteiger partial charge >= 0.3 is 0 Å². The van der Waals surface area contributed by atoms with Gasteiger partial charge in [-0.25, -0.2) is 9.67 Å². The van der Waals surface area contributed by atoms with Gasteiger partial charge in [-0.3, -0.25) is 4.79 Å². The molecule has 184 valence electrons. The van der Waals surface area contributed by atoms with Crippen molar-refractivity contribution in [1.29, 1.82) is 0 Å². The van der Waals surface area contributed by atoms with E-state index in [1.165, 1.54) is 0 Å². The highest BCUT2D eigenvalue weighted by molar-refractivity contribution is 6.00. The minimum Gasteiger partial charge on any atom is -0.497 e. The van der Waals surface area contributed by atoms with Gasteiger partial charge in [0.25, 0.3) is 5.91 Å². The Hall–Kier alpha value is -4.17. The van der Waals surface area contributed by atoms with Crippen molar-refractivity contribution in [3.05, 3.63) is 89.7 Å². The largest absolute Gasteiger partial charge is 0.497 e. The average molecular weight is 484 g/mol. The van der Waals surface area contributed by atoms with Crippen molar-refractivity contribution in [3.8, 4) is 22.7 Å². The number of benzene rings is 2. The standard InChI is InChI=1S/C28H29N5O3/c1-20-8-10-23(11-9-20)33-19-25(26(31-33)21-5-3-7-24(17-21)35-2)28(34)30-18-22-6-4-12-29-27(22)32-13-15-36-16-14-32/h3-12,17,19H,13-16,18H2,1-2H3,(H,30,34). The normalized spacial score (nSPS) is 13.4. The molecule has 2 aromatic carbocycles. The van der Waals surface area contributed by atoms with Crippen molar-refractivity contribution in [2.24, 2.45) is 0 Å². The summed E-state index contributed by atoms with van der Waals surface area (Å²) in [5, 5.41) is 7.87. The highest BCUT2D eigenvalue weighted by atomic mass is 16.5. The van der Waals surface area contributed by atoms with Gasteiger partial charge in [0.15, 0.2) is 0 Å². The molecule has 0 aliphatic carbocycles. The molecule has 1 aliphatic rings. The zero-order valence-electron chi connectivity index (χ0n) is 20.5. The summed E-state index contributed by atoms with van der Waals surface area (Å²) in [7, 11) is 1.62. The highest BCUT2D eigenvalue weighted by Crippen LogP contribution is 2.27. The highest BCUT2D eigenvalue weighted by Gasteiger charge is 2.21. The topological polar surface area (TPSA) is 81.5 Å². The number of aromatic nitrogens is 3. The molecular formula is C28H29N5O3. The van der Waals surface area contributed by atoms with E-state index < -0.39 is 0 Å². The number of rotatable bonds is 7. The molecule has 0 saturated carbocycles. The van der Waals surface area contributed by atoms with Gasteiger partial charge < -0.3 is 19.7 Å². The first kappa shape index (κ1) is 23.6. The molecule has 1 fully saturated rings. The SMILES string of the molecule is COc1cccc(-c2nn(-c3ccc(C)cc3)cc2C(=O)NCc2cccnc2N2CCOCC2)c1. The maximum atomic E-state index is 13.5. The quantitative estimate of drug-likeness (QED) is 0.428. The van der Waals surface area contributed by atoms with Crippen LogP contribution < -0.4 is 15.0 Å². The van der Waals surface area contributed by atoms with Crippen LogP contribution in [-0.2, 0) is 11.3 Å². The van der Waals surface area contributed by atoms with Crippen LogP contribution >= 0.6 is 0 Å². The maximum Gasteiger partial charge on any atom is 0.255 e. The second-order valence-corrected chi connectivity index (χ2v) is 8.67. The number of ether oxygens (including phenoxy) is 2. The molecule has 0 bridgehead atoms. The zero-order chi connectivity index (χ0) is 24.9. The number of pyridine rings is 1. The molecule has 3 heterocycles. The minimum atomic E-state index is -0.206. The molecule has 4 aromatic rings. The summed E-state index contributed by atoms with van der Waals surface area (Å²) >= 11 is 0. The molecule has 0 spiro atoms. The number of carbonyl (C=O) groups is 1. The number of anilines is 1. The van der Waals surface area contributed by atoms with E-state index in [9.17, 15) is 4.79 Å². The maximum absolute atomic E-state index is 13.5. The van der Waals surface area contributed by atoms with Crippen LogP contribution in [0, 0.1) is 6.92 Å². The lowest BCUT2D eigenvalue weighted by atomic mass is 10.1. The number of morpholine rings is 1. The first-order valence-corrected chi connectivity index (χ1v) is 12.0. The number of carbonyl (C=O) groups excluding carboxylic acids is 1. The van der Waals surface area contributed by atoms with Crippen molar-refractivity contribution >= 4 is 11.7 Å². The fraction of sp³-hybridized carbons (Fsp3) is 0.250. The van der Waals surface area contributed by atoms with Gasteiger partial charge in [-0.1, -0.05) is 35.9 Å². The summed E-state index contributed by atoms with van der Waals surface area (Å²) in [6.45, 7) is 5.29. The number of hydrogen-bond acceptors (Lipinski definition) is 6. The van der Waals surface area contributed by atoms with Gasteiger partial charge in [0, 0.05) is 43.2 Å². The monoisotopic (exact) mass is 483 g/mol. The second-order valence-electron chi connectivity index (χ2n) is 8.67. The average Bonchev–Trinajstić information content (AvgIpc) is 3.38. The Bertz CT molecular complexity index is 1340. The molecule has 0 atom stereocenters. The number of hydrogen-bond donors (Lipinski definition) is 1. The Kier molecular flexibility index (Phi) is 6.95. The number of aryl methyl sites for hydroxylation is 1.